The molecule has 2 aromatic heterocycles. The third-order valence-electron chi connectivity index (χ3n) is 5.61. The summed E-state index contributed by atoms with van der Waals surface area (Å²) in [6, 6.07) is 3.83. The highest BCUT2D eigenvalue weighted by atomic mass is 32.1. The molecule has 25 heavy (non-hydrogen) atoms. The zero-order valence-corrected chi connectivity index (χ0v) is 15.7. The van der Waals surface area contributed by atoms with Crippen LogP contribution in [0, 0.1) is 5.41 Å². The number of nitrogens with zero attached hydrogens (tertiary/aromatic N) is 3. The van der Waals surface area contributed by atoms with Crippen LogP contribution in [0.5, 0.6) is 0 Å². The third kappa shape index (κ3) is 3.35. The number of hydrogen-bond acceptors (Lipinski definition) is 5. The van der Waals surface area contributed by atoms with Gasteiger partial charge in [-0.3, -0.25) is 9.59 Å². The number of carbonyl (C=O) groups is 2. The highest BCUT2D eigenvalue weighted by Crippen LogP contribution is 2.41. The van der Waals surface area contributed by atoms with Gasteiger partial charge in [0.25, 0.3) is 11.8 Å². The van der Waals surface area contributed by atoms with Crippen LogP contribution in [0.3, 0.4) is 0 Å². The lowest BCUT2D eigenvalue weighted by Crippen LogP contribution is -2.49. The zero-order valence-electron chi connectivity index (χ0n) is 14.0. The van der Waals surface area contributed by atoms with Crippen LogP contribution in [0.25, 0.3) is 0 Å². The summed E-state index contributed by atoms with van der Waals surface area (Å²) in [7, 11) is 0. The Labute approximate surface area is 155 Å². The Morgan fingerprint density at radius 2 is 1.64 bits per heavy atom. The summed E-state index contributed by atoms with van der Waals surface area (Å²) < 4.78 is 0. The first kappa shape index (κ1) is 16.7. The van der Waals surface area contributed by atoms with Crippen molar-refractivity contribution in [3.05, 3.63) is 39.0 Å². The molecule has 0 N–H and O–H groups in total. The Morgan fingerprint density at radius 1 is 1.00 bits per heavy atom. The summed E-state index contributed by atoms with van der Waals surface area (Å²) in [4.78, 5) is 33.8. The first-order chi connectivity index (χ1) is 12.2. The van der Waals surface area contributed by atoms with Gasteiger partial charge in [-0.25, -0.2) is 4.98 Å². The lowest BCUT2D eigenvalue weighted by molar-refractivity contribution is 0.0280. The lowest BCUT2D eigenvalue weighted by atomic mass is 9.71. The van der Waals surface area contributed by atoms with E-state index in [2.05, 4.69) is 4.98 Å². The highest BCUT2D eigenvalue weighted by molar-refractivity contribution is 7.12. The second-order valence-corrected chi connectivity index (χ2v) is 8.60. The fourth-order valence-corrected chi connectivity index (χ4v) is 5.12. The number of hydrogen-bond donors (Lipinski definition) is 0. The van der Waals surface area contributed by atoms with Crippen LogP contribution in [0.1, 0.15) is 45.8 Å². The molecule has 1 spiro atoms. The molecule has 2 amide bonds. The second-order valence-electron chi connectivity index (χ2n) is 6.94. The lowest BCUT2D eigenvalue weighted by Gasteiger charge is -2.46. The number of piperidine rings is 2. The molecule has 132 valence electrons. The van der Waals surface area contributed by atoms with Crippen LogP contribution in [-0.2, 0) is 0 Å². The van der Waals surface area contributed by atoms with E-state index in [1.165, 1.54) is 22.7 Å². The molecule has 2 aliphatic rings. The summed E-state index contributed by atoms with van der Waals surface area (Å²) >= 11 is 2.97. The minimum atomic E-state index is 0.0569. The van der Waals surface area contributed by atoms with Gasteiger partial charge in [-0.2, -0.15) is 0 Å². The Balaban J connectivity index is 1.32. The van der Waals surface area contributed by atoms with Crippen LogP contribution in [0.4, 0.5) is 0 Å². The van der Waals surface area contributed by atoms with Crippen molar-refractivity contribution in [2.45, 2.75) is 25.7 Å². The normalized spacial score (nSPS) is 20.0. The van der Waals surface area contributed by atoms with Gasteiger partial charge in [0.05, 0.1) is 10.4 Å². The van der Waals surface area contributed by atoms with Gasteiger partial charge >= 0.3 is 0 Å². The van der Waals surface area contributed by atoms with Gasteiger partial charge in [-0.1, -0.05) is 6.07 Å². The molecule has 4 rings (SSSR count). The summed E-state index contributed by atoms with van der Waals surface area (Å²) in [6.45, 7) is 3.26. The smallest absolute Gasteiger partial charge is 0.273 e. The minimum absolute atomic E-state index is 0.0569. The van der Waals surface area contributed by atoms with Gasteiger partial charge in [-0.15, -0.1) is 22.7 Å². The zero-order chi connectivity index (χ0) is 17.3. The molecule has 4 heterocycles. The molecule has 0 bridgehead atoms. The number of thiophene rings is 1. The molecule has 7 heteroatoms. The highest BCUT2D eigenvalue weighted by Gasteiger charge is 2.39. The number of likely N-dealkylation sites (tertiary alicyclic amines) is 2. The molecular formula is C18H21N3O2S2. The van der Waals surface area contributed by atoms with Crippen LogP contribution >= 0.6 is 22.7 Å². The van der Waals surface area contributed by atoms with E-state index in [0.717, 1.165) is 56.7 Å². The quantitative estimate of drug-likeness (QED) is 0.809. The van der Waals surface area contributed by atoms with Crippen molar-refractivity contribution in [1.82, 2.24) is 14.8 Å². The topological polar surface area (TPSA) is 53.5 Å². The Kier molecular flexibility index (Phi) is 4.60. The molecule has 0 radical (unpaired) electrons. The minimum Gasteiger partial charge on any atom is -0.338 e. The van der Waals surface area contributed by atoms with Crippen LogP contribution in [-0.4, -0.2) is 52.8 Å². The molecule has 0 saturated carbocycles. The van der Waals surface area contributed by atoms with E-state index in [1.807, 2.05) is 32.7 Å². The predicted molar refractivity (Wildman–Crippen MR) is 99.1 cm³/mol. The third-order valence-corrected chi connectivity index (χ3v) is 7.05. The van der Waals surface area contributed by atoms with Gasteiger partial charge in [0.15, 0.2) is 0 Å². The maximum atomic E-state index is 12.5. The van der Waals surface area contributed by atoms with Crippen molar-refractivity contribution >= 4 is 34.5 Å². The molecule has 5 nitrogen and oxygen atoms in total. The van der Waals surface area contributed by atoms with Gasteiger partial charge in [0, 0.05) is 31.6 Å². The van der Waals surface area contributed by atoms with E-state index in [4.69, 9.17) is 0 Å². The number of carbonyl (C=O) groups excluding carboxylic acids is 2. The molecule has 0 unspecified atom stereocenters. The number of rotatable bonds is 2. The van der Waals surface area contributed by atoms with E-state index >= 15 is 0 Å². The maximum absolute atomic E-state index is 12.5. The van der Waals surface area contributed by atoms with Gasteiger partial charge in [0.1, 0.15) is 5.69 Å². The van der Waals surface area contributed by atoms with Crippen LogP contribution < -0.4 is 0 Å². The number of amides is 2. The van der Waals surface area contributed by atoms with Crippen molar-refractivity contribution in [3.63, 3.8) is 0 Å². The summed E-state index contributed by atoms with van der Waals surface area (Å²) in [5, 5.41) is 3.77. The Hall–Kier alpha value is -1.73. The van der Waals surface area contributed by atoms with Crippen molar-refractivity contribution < 1.29 is 9.59 Å². The summed E-state index contributed by atoms with van der Waals surface area (Å²) in [5.74, 6) is 0.224. The van der Waals surface area contributed by atoms with E-state index in [-0.39, 0.29) is 11.8 Å². The molecule has 2 saturated heterocycles. The first-order valence-corrected chi connectivity index (χ1v) is 10.5. The van der Waals surface area contributed by atoms with Gasteiger partial charge in [0.2, 0.25) is 0 Å². The SMILES string of the molecule is O=C(c1cscn1)N1CCC2(CC1)CCN(C(=O)c1cccs1)CC2. The van der Waals surface area contributed by atoms with Crippen molar-refractivity contribution in [2.24, 2.45) is 5.41 Å². The monoisotopic (exact) mass is 375 g/mol. The van der Waals surface area contributed by atoms with Crippen LogP contribution in [0.15, 0.2) is 28.4 Å². The molecule has 0 atom stereocenters. The molecule has 0 aromatic carbocycles. The standard InChI is InChI=1S/C18H21N3O2S2/c22-16(14-12-24-13-19-14)20-7-3-18(4-8-20)5-9-21(10-6-18)17(23)15-2-1-11-25-15/h1-2,11-13H,3-10H2. The molecule has 2 fully saturated rings. The number of aromatic nitrogens is 1. The molecular weight excluding hydrogens is 354 g/mol. The average Bonchev–Trinajstić information content (AvgIpc) is 3.36. The van der Waals surface area contributed by atoms with Crippen molar-refractivity contribution in [3.8, 4) is 0 Å². The first-order valence-electron chi connectivity index (χ1n) is 8.67. The summed E-state index contributed by atoms with van der Waals surface area (Å²) in [6.07, 6.45) is 4.15. The van der Waals surface area contributed by atoms with Gasteiger partial charge in [-0.05, 0) is 42.5 Å². The average molecular weight is 376 g/mol. The van der Waals surface area contributed by atoms with Crippen molar-refractivity contribution in [2.75, 3.05) is 26.2 Å². The number of thiazole rings is 1. The summed E-state index contributed by atoms with van der Waals surface area (Å²) in [5.41, 5.74) is 2.57. The second kappa shape index (κ2) is 6.88. The molecule has 2 aliphatic heterocycles. The van der Waals surface area contributed by atoms with Crippen molar-refractivity contribution in [1.29, 1.82) is 0 Å². The van der Waals surface area contributed by atoms with E-state index in [0.29, 0.717) is 11.1 Å². The largest absolute Gasteiger partial charge is 0.338 e. The maximum Gasteiger partial charge on any atom is 0.273 e. The molecule has 2 aromatic rings. The van der Waals surface area contributed by atoms with E-state index in [9.17, 15) is 9.59 Å². The Morgan fingerprint density at radius 3 is 2.16 bits per heavy atom. The van der Waals surface area contributed by atoms with Crippen LogP contribution in [0.2, 0.25) is 0 Å². The Bertz CT molecular complexity index is 659. The molecule has 0 aliphatic carbocycles. The fourth-order valence-electron chi connectivity index (χ4n) is 3.90. The fraction of sp³-hybridized carbons (Fsp3) is 0.500. The van der Waals surface area contributed by atoms with E-state index in [1.54, 1.807) is 5.51 Å². The predicted octanol–water partition coefficient (Wildman–Crippen LogP) is 3.36. The van der Waals surface area contributed by atoms with E-state index < -0.39 is 0 Å². The van der Waals surface area contributed by atoms with Gasteiger partial charge < -0.3 is 9.80 Å².